The summed E-state index contributed by atoms with van der Waals surface area (Å²) in [5.74, 6) is -0.527. The van der Waals surface area contributed by atoms with Gasteiger partial charge in [-0.25, -0.2) is 0 Å². The van der Waals surface area contributed by atoms with E-state index in [1.807, 2.05) is 32.4 Å². The zero-order valence-corrected chi connectivity index (χ0v) is 15.2. The molecule has 1 aromatic heterocycles. The molecule has 2 N–H and O–H groups in total. The zero-order chi connectivity index (χ0) is 18.1. The third-order valence-electron chi connectivity index (χ3n) is 3.29. The molecule has 0 aliphatic rings. The molecule has 0 aliphatic heterocycles. The topological polar surface area (TPSA) is 76.0 Å². The summed E-state index contributed by atoms with van der Waals surface area (Å²) >= 11 is 6.16. The molecule has 0 radical (unpaired) electrons. The molecule has 0 aliphatic carbocycles. The minimum absolute atomic E-state index is 0.189. The molecule has 6 nitrogen and oxygen atoms in total. The molecule has 2 rings (SSSR count). The van der Waals surface area contributed by atoms with E-state index < -0.39 is 0 Å². The van der Waals surface area contributed by atoms with Crippen LogP contribution < -0.4 is 10.6 Å². The Bertz CT molecular complexity index is 790. The van der Waals surface area contributed by atoms with Gasteiger partial charge in [0.15, 0.2) is 5.69 Å². The largest absolute Gasteiger partial charge is 0.326 e. The van der Waals surface area contributed by atoms with Crippen LogP contribution in [0.3, 0.4) is 0 Å². The molecule has 0 saturated heterocycles. The van der Waals surface area contributed by atoms with Crippen molar-refractivity contribution in [2.75, 3.05) is 10.6 Å². The average molecular weight is 349 g/mol. The number of nitrogens with zero attached hydrogens (tertiary/aromatic N) is 2. The predicted octanol–water partition coefficient (Wildman–Crippen LogP) is 3.81. The quantitative estimate of drug-likeness (QED) is 0.885. The summed E-state index contributed by atoms with van der Waals surface area (Å²) in [5, 5.41) is 10.1. The summed E-state index contributed by atoms with van der Waals surface area (Å²) in [5.41, 5.74) is 2.04. The Labute approximate surface area is 146 Å². The number of aryl methyl sites for hydroxylation is 1. The van der Waals surface area contributed by atoms with Crippen LogP contribution in [0.15, 0.2) is 24.3 Å². The van der Waals surface area contributed by atoms with Gasteiger partial charge in [0.05, 0.1) is 16.2 Å². The van der Waals surface area contributed by atoms with Crippen LogP contribution in [0.5, 0.6) is 0 Å². The van der Waals surface area contributed by atoms with Crippen LogP contribution in [0.2, 0.25) is 5.02 Å². The zero-order valence-electron chi connectivity index (χ0n) is 14.4. The van der Waals surface area contributed by atoms with Crippen molar-refractivity contribution in [1.82, 2.24) is 9.78 Å². The van der Waals surface area contributed by atoms with Gasteiger partial charge < -0.3 is 10.6 Å². The van der Waals surface area contributed by atoms with Crippen LogP contribution in [0.4, 0.5) is 11.4 Å². The van der Waals surface area contributed by atoms with Crippen molar-refractivity contribution in [2.24, 2.45) is 0 Å². The molecule has 24 heavy (non-hydrogen) atoms. The van der Waals surface area contributed by atoms with E-state index in [2.05, 4.69) is 15.7 Å². The summed E-state index contributed by atoms with van der Waals surface area (Å²) in [6.07, 6.45) is 0. The number of hydrogen-bond donors (Lipinski definition) is 2. The van der Waals surface area contributed by atoms with Crippen LogP contribution in [0, 0.1) is 6.92 Å². The van der Waals surface area contributed by atoms with Crippen LogP contribution in [-0.4, -0.2) is 21.6 Å². The van der Waals surface area contributed by atoms with Crippen molar-refractivity contribution in [3.8, 4) is 0 Å². The van der Waals surface area contributed by atoms with Gasteiger partial charge in [-0.05, 0) is 52.0 Å². The average Bonchev–Trinajstić information content (AvgIpc) is 2.83. The molecule has 0 saturated carbocycles. The van der Waals surface area contributed by atoms with Crippen LogP contribution in [-0.2, 0) is 10.3 Å². The smallest absolute Gasteiger partial charge is 0.276 e. The summed E-state index contributed by atoms with van der Waals surface area (Å²) in [6.45, 7) is 9.38. The Hall–Kier alpha value is -2.34. The van der Waals surface area contributed by atoms with E-state index >= 15 is 0 Å². The number of carbonyl (C=O) groups is 2. The number of anilines is 2. The van der Waals surface area contributed by atoms with E-state index in [1.165, 1.54) is 6.92 Å². The lowest BCUT2D eigenvalue weighted by atomic mass is 10.1. The molecule has 2 aromatic rings. The maximum absolute atomic E-state index is 12.4. The lowest BCUT2D eigenvalue weighted by Gasteiger charge is -2.21. The molecule has 2 amide bonds. The molecule has 0 atom stereocenters. The Morgan fingerprint density at radius 2 is 1.83 bits per heavy atom. The van der Waals surface area contributed by atoms with E-state index in [9.17, 15) is 9.59 Å². The van der Waals surface area contributed by atoms with Crippen molar-refractivity contribution < 1.29 is 9.59 Å². The maximum atomic E-state index is 12.4. The van der Waals surface area contributed by atoms with Crippen molar-refractivity contribution >= 4 is 34.8 Å². The lowest BCUT2D eigenvalue weighted by Crippen LogP contribution is -2.25. The van der Waals surface area contributed by atoms with E-state index in [0.717, 1.165) is 5.69 Å². The molecule has 0 unspecified atom stereocenters. The number of nitrogens with one attached hydrogen (secondary N) is 2. The summed E-state index contributed by atoms with van der Waals surface area (Å²) in [6, 6.07) is 6.62. The van der Waals surface area contributed by atoms with Gasteiger partial charge in [-0.1, -0.05) is 11.6 Å². The van der Waals surface area contributed by atoms with Crippen molar-refractivity contribution in [2.45, 2.75) is 40.2 Å². The number of amides is 2. The summed E-state index contributed by atoms with van der Waals surface area (Å²) in [7, 11) is 0. The molecular formula is C17H21ClN4O2. The third kappa shape index (κ3) is 4.14. The highest BCUT2D eigenvalue weighted by Crippen LogP contribution is 2.26. The first kappa shape index (κ1) is 18.0. The van der Waals surface area contributed by atoms with Crippen LogP contribution in [0.1, 0.15) is 43.9 Å². The van der Waals surface area contributed by atoms with Gasteiger partial charge >= 0.3 is 0 Å². The fourth-order valence-electron chi connectivity index (χ4n) is 2.35. The van der Waals surface area contributed by atoms with Gasteiger partial charge in [0.25, 0.3) is 5.91 Å². The van der Waals surface area contributed by atoms with Crippen molar-refractivity contribution in [3.05, 3.63) is 40.7 Å². The predicted molar refractivity (Wildman–Crippen MR) is 95.7 cm³/mol. The lowest BCUT2D eigenvalue weighted by molar-refractivity contribution is -0.114. The molecule has 128 valence electrons. The minimum atomic E-state index is -0.338. The molecular weight excluding hydrogens is 328 g/mol. The number of rotatable bonds is 3. The molecule has 1 heterocycles. The first-order valence-corrected chi connectivity index (χ1v) is 7.91. The van der Waals surface area contributed by atoms with E-state index in [4.69, 9.17) is 11.6 Å². The summed E-state index contributed by atoms with van der Waals surface area (Å²) < 4.78 is 1.81. The van der Waals surface area contributed by atoms with Gasteiger partial charge in [0.2, 0.25) is 5.91 Å². The Balaban J connectivity index is 2.20. The Kier molecular flexibility index (Phi) is 4.99. The molecule has 0 spiro atoms. The van der Waals surface area contributed by atoms with E-state index in [-0.39, 0.29) is 17.4 Å². The van der Waals surface area contributed by atoms with Crippen molar-refractivity contribution in [3.63, 3.8) is 0 Å². The van der Waals surface area contributed by atoms with Crippen molar-refractivity contribution in [1.29, 1.82) is 0 Å². The number of benzene rings is 1. The first-order chi connectivity index (χ1) is 11.1. The Morgan fingerprint density at radius 1 is 1.17 bits per heavy atom. The minimum Gasteiger partial charge on any atom is -0.326 e. The van der Waals surface area contributed by atoms with Crippen LogP contribution >= 0.6 is 11.6 Å². The fourth-order valence-corrected chi connectivity index (χ4v) is 2.58. The highest BCUT2D eigenvalue weighted by atomic mass is 35.5. The normalized spacial score (nSPS) is 11.2. The Morgan fingerprint density at radius 3 is 2.33 bits per heavy atom. The van der Waals surface area contributed by atoms with Gasteiger partial charge in [-0.2, -0.15) is 5.10 Å². The second kappa shape index (κ2) is 6.65. The van der Waals surface area contributed by atoms with Gasteiger partial charge in [-0.15, -0.1) is 0 Å². The first-order valence-electron chi connectivity index (χ1n) is 7.53. The molecule has 7 heteroatoms. The second-order valence-corrected chi connectivity index (χ2v) is 6.99. The number of halogens is 1. The molecule has 0 fully saturated rings. The highest BCUT2D eigenvalue weighted by molar-refractivity contribution is 6.34. The number of hydrogen-bond acceptors (Lipinski definition) is 3. The second-order valence-electron chi connectivity index (χ2n) is 6.58. The number of carbonyl (C=O) groups excluding carboxylic acids is 2. The van der Waals surface area contributed by atoms with Gasteiger partial charge in [-0.3, -0.25) is 14.3 Å². The molecule has 1 aromatic carbocycles. The summed E-state index contributed by atoms with van der Waals surface area (Å²) in [4.78, 5) is 23.5. The highest BCUT2D eigenvalue weighted by Gasteiger charge is 2.20. The van der Waals surface area contributed by atoms with E-state index in [0.29, 0.717) is 22.1 Å². The monoisotopic (exact) mass is 348 g/mol. The standard InChI is InChI=1S/C17H21ClN4O2/c1-10-8-15(21-22(10)17(3,4)5)16(24)20-14-7-6-12(9-13(14)18)19-11(2)23/h6-9H,1-5H3,(H,19,23)(H,20,24). The fraction of sp³-hybridized carbons (Fsp3) is 0.353. The number of aromatic nitrogens is 2. The maximum Gasteiger partial charge on any atom is 0.276 e. The van der Waals surface area contributed by atoms with Gasteiger partial charge in [0.1, 0.15) is 0 Å². The molecule has 0 bridgehead atoms. The van der Waals surface area contributed by atoms with Gasteiger partial charge in [0, 0.05) is 18.3 Å². The SMILES string of the molecule is CC(=O)Nc1ccc(NC(=O)c2cc(C)n(C(C)(C)C)n2)c(Cl)c1. The van der Waals surface area contributed by atoms with Crippen LogP contribution in [0.25, 0.3) is 0 Å². The van der Waals surface area contributed by atoms with E-state index in [1.54, 1.807) is 24.3 Å². The third-order valence-corrected chi connectivity index (χ3v) is 3.61.